The number of hydrogen-bond acceptors (Lipinski definition) is 7. The molecule has 0 aromatic heterocycles. The van der Waals surface area contributed by atoms with Gasteiger partial charge in [-0.25, -0.2) is 0 Å². The maximum absolute atomic E-state index is 8.74. The molecule has 18 heteroatoms. The summed E-state index contributed by atoms with van der Waals surface area (Å²) in [5, 5.41) is 0. The Kier molecular flexibility index (Phi) is 17.3. The third-order valence-corrected chi connectivity index (χ3v) is 0. The molecular weight excluding hydrogens is 347 g/mol. The van der Waals surface area contributed by atoms with Crippen LogP contribution < -0.4 is 0 Å². The zero-order chi connectivity index (χ0) is 16.2. The summed E-state index contributed by atoms with van der Waals surface area (Å²) >= 11 is -1.50. The molecule has 0 atom stereocenters. The van der Waals surface area contributed by atoms with Gasteiger partial charge in [0.2, 0.25) is 0 Å². The maximum atomic E-state index is 8.74. The van der Waals surface area contributed by atoms with Gasteiger partial charge in [0.1, 0.15) is 0 Å². The SMILES string of the molecule is O=S(=O)(O)O.O=S(=O)(O)O.O=S(=O)(O)O.[O]=[Al][OH]. The molecule has 0 saturated heterocycles. The van der Waals surface area contributed by atoms with E-state index in [0.717, 1.165) is 0 Å². The van der Waals surface area contributed by atoms with Gasteiger partial charge in [-0.05, 0) is 0 Å². The third-order valence-electron chi connectivity index (χ3n) is 0. The van der Waals surface area contributed by atoms with E-state index in [0.29, 0.717) is 0 Å². The molecule has 0 radical (unpaired) electrons. The van der Waals surface area contributed by atoms with Crippen LogP contribution in [-0.4, -0.2) is 72.2 Å². The third kappa shape index (κ3) is 51600. The molecule has 0 heterocycles. The average Bonchev–Trinajstić information content (AvgIpc) is 1.71. The molecule has 0 aromatic rings. The Morgan fingerprint density at radius 3 is 0.556 bits per heavy atom. The van der Waals surface area contributed by atoms with E-state index in [1.165, 1.54) is 0 Å². The number of rotatable bonds is 0. The zero-order valence-corrected chi connectivity index (χ0v) is 11.4. The Bertz CT molecular complexity index is 378. The Morgan fingerprint density at radius 1 is 0.556 bits per heavy atom. The van der Waals surface area contributed by atoms with Crippen LogP contribution in [0, 0.1) is 0 Å². The van der Waals surface area contributed by atoms with Crippen molar-refractivity contribution in [1.29, 1.82) is 0 Å². The van der Waals surface area contributed by atoms with Gasteiger partial charge in [0.25, 0.3) is 0 Å². The summed E-state index contributed by atoms with van der Waals surface area (Å²) < 4.78 is 110. The van der Waals surface area contributed by atoms with Crippen LogP contribution in [0.15, 0.2) is 0 Å². The summed E-state index contributed by atoms with van der Waals surface area (Å²) in [5.41, 5.74) is 0. The van der Waals surface area contributed by atoms with Crippen LogP contribution in [-0.2, 0) is 35.0 Å². The first-order valence-corrected chi connectivity index (χ1v) is 7.77. The first kappa shape index (κ1) is 26.3. The molecule has 0 bridgehead atoms. The van der Waals surface area contributed by atoms with E-state index >= 15 is 0 Å². The Balaban J connectivity index is -0.0000000739. The standard InChI is InChI=1S/Al.3H2O4S.H2O.O/c;3*1-5(2,3)4;;/h;3*(H2,1,2,3,4);1H2;/q+1;;;;;/p-1. The van der Waals surface area contributed by atoms with E-state index in [9.17, 15) is 0 Å². The Hall–Kier alpha value is -0.258. The molecule has 0 aliphatic rings. The predicted molar refractivity (Wildman–Crippen MR) is 51.2 cm³/mol. The first-order chi connectivity index (χ1) is 7.41. The minimum absolute atomic E-state index is 1.50. The average molecular weight is 354 g/mol. The van der Waals surface area contributed by atoms with Gasteiger partial charge >= 0.3 is 54.6 Å². The fraction of sp³-hybridized carbons (Fsp3) is 0. The molecule has 112 valence electrons. The summed E-state index contributed by atoms with van der Waals surface area (Å²) in [6.07, 6.45) is 0. The number of hydrogen-bond donors (Lipinski definition) is 7. The molecule has 0 aliphatic carbocycles. The van der Waals surface area contributed by atoms with Crippen LogP contribution in [0.5, 0.6) is 0 Å². The summed E-state index contributed by atoms with van der Waals surface area (Å²) in [7, 11) is -14.0. The van der Waals surface area contributed by atoms with Gasteiger partial charge in [0.15, 0.2) is 0 Å². The summed E-state index contributed by atoms with van der Waals surface area (Å²) in [5.74, 6) is 0. The van der Waals surface area contributed by atoms with Crippen molar-refractivity contribution in [2.45, 2.75) is 0 Å². The molecule has 7 N–H and O–H groups in total. The van der Waals surface area contributed by atoms with Crippen LogP contribution in [0.25, 0.3) is 0 Å². The van der Waals surface area contributed by atoms with Crippen LogP contribution in [0.3, 0.4) is 0 Å². The van der Waals surface area contributed by atoms with Crippen LogP contribution in [0.2, 0.25) is 0 Å². The van der Waals surface area contributed by atoms with Crippen molar-refractivity contribution in [3.8, 4) is 0 Å². The van der Waals surface area contributed by atoms with Crippen molar-refractivity contribution in [3.05, 3.63) is 0 Å². The molecule has 14 nitrogen and oxygen atoms in total. The molecule has 0 rings (SSSR count). The minimum atomic E-state index is -4.67. The van der Waals surface area contributed by atoms with Gasteiger partial charge in [-0.2, -0.15) is 25.3 Å². The molecular formula is H7AlO14S3. The first-order valence-electron chi connectivity index (χ1n) is 2.59. The fourth-order valence-electron chi connectivity index (χ4n) is 0. The van der Waals surface area contributed by atoms with Gasteiger partial charge < -0.3 is 0 Å². The van der Waals surface area contributed by atoms with Crippen molar-refractivity contribution in [2.75, 3.05) is 0 Å². The van der Waals surface area contributed by atoms with E-state index in [1.54, 1.807) is 0 Å². The van der Waals surface area contributed by atoms with Crippen molar-refractivity contribution in [3.63, 3.8) is 0 Å². The van der Waals surface area contributed by atoms with Crippen molar-refractivity contribution >= 4 is 46.7 Å². The molecule has 0 amide bonds. The Labute approximate surface area is 107 Å². The zero-order valence-electron chi connectivity index (χ0n) is 7.79. The molecule has 0 saturated carbocycles. The normalized spacial score (nSPS) is 10.1. The molecule has 0 aromatic carbocycles. The molecule has 0 unspecified atom stereocenters. The van der Waals surface area contributed by atoms with E-state index in [-0.39, 0.29) is 0 Å². The monoisotopic (exact) mass is 354 g/mol. The van der Waals surface area contributed by atoms with Crippen LogP contribution >= 0.6 is 0 Å². The van der Waals surface area contributed by atoms with Crippen LogP contribution in [0.1, 0.15) is 0 Å². The molecule has 0 aliphatic heterocycles. The van der Waals surface area contributed by atoms with Gasteiger partial charge in [-0.15, -0.1) is 0 Å². The predicted octanol–water partition coefficient (Wildman–Crippen LogP) is -3.01. The van der Waals surface area contributed by atoms with E-state index in [2.05, 4.69) is 0 Å². The second kappa shape index (κ2) is 11.8. The fourth-order valence-corrected chi connectivity index (χ4v) is 0. The van der Waals surface area contributed by atoms with Crippen molar-refractivity contribution in [2.24, 2.45) is 0 Å². The van der Waals surface area contributed by atoms with Crippen molar-refractivity contribution < 1.29 is 60.5 Å². The van der Waals surface area contributed by atoms with E-state index < -0.39 is 46.7 Å². The Morgan fingerprint density at radius 2 is 0.556 bits per heavy atom. The topological polar surface area (TPSA) is 261 Å². The summed E-state index contributed by atoms with van der Waals surface area (Å²) in [4.78, 5) is 0. The second-order valence-electron chi connectivity index (χ2n) is 1.45. The second-order valence-corrected chi connectivity index (χ2v) is 4.35. The summed E-state index contributed by atoms with van der Waals surface area (Å²) in [6, 6.07) is 0. The van der Waals surface area contributed by atoms with Crippen molar-refractivity contribution in [1.82, 2.24) is 0 Å². The van der Waals surface area contributed by atoms with E-state index in [1.807, 2.05) is 0 Å². The van der Waals surface area contributed by atoms with Gasteiger partial charge in [0.05, 0.1) is 0 Å². The van der Waals surface area contributed by atoms with E-state index in [4.69, 9.17) is 60.5 Å². The van der Waals surface area contributed by atoms with Gasteiger partial charge in [-0.1, -0.05) is 0 Å². The molecule has 18 heavy (non-hydrogen) atoms. The van der Waals surface area contributed by atoms with Gasteiger partial charge in [-0.3, -0.25) is 27.3 Å². The van der Waals surface area contributed by atoms with Gasteiger partial charge in [0, 0.05) is 0 Å². The summed E-state index contributed by atoms with van der Waals surface area (Å²) in [6.45, 7) is 0. The molecule has 0 spiro atoms. The quantitative estimate of drug-likeness (QED) is 0.169. The van der Waals surface area contributed by atoms with Crippen LogP contribution in [0.4, 0.5) is 0 Å². The molecule has 0 fully saturated rings.